The number of hydrogen-bond acceptors (Lipinski definition) is 2. The SMILES string of the molecule is CCN(CC)CC(=O)NC(C)(C)CC(C)(C)C. The lowest BCUT2D eigenvalue weighted by Crippen LogP contribution is -2.49. The molecule has 0 aliphatic rings. The van der Waals surface area contributed by atoms with E-state index in [2.05, 4.69) is 58.7 Å². The summed E-state index contributed by atoms with van der Waals surface area (Å²) in [7, 11) is 0. The Morgan fingerprint density at radius 2 is 1.53 bits per heavy atom. The van der Waals surface area contributed by atoms with Gasteiger partial charge >= 0.3 is 0 Å². The lowest BCUT2D eigenvalue weighted by atomic mass is 9.82. The van der Waals surface area contributed by atoms with Crippen molar-refractivity contribution in [1.82, 2.24) is 10.2 Å². The number of carbonyl (C=O) groups is 1. The molecule has 1 N–H and O–H groups in total. The standard InChI is InChI=1S/C14H30N2O/c1-8-16(9-2)10-12(17)15-14(6,7)11-13(3,4)5/h8-11H2,1-7H3,(H,15,17). The van der Waals surface area contributed by atoms with Crippen LogP contribution in [0, 0.1) is 5.41 Å². The van der Waals surface area contributed by atoms with Crippen LogP contribution in [0.4, 0.5) is 0 Å². The van der Waals surface area contributed by atoms with Crippen molar-refractivity contribution in [2.75, 3.05) is 19.6 Å². The zero-order valence-corrected chi connectivity index (χ0v) is 12.7. The van der Waals surface area contributed by atoms with E-state index in [1.54, 1.807) is 0 Å². The molecule has 0 rings (SSSR count). The van der Waals surface area contributed by atoms with Crippen molar-refractivity contribution in [3.05, 3.63) is 0 Å². The second kappa shape index (κ2) is 6.39. The van der Waals surface area contributed by atoms with Crippen molar-refractivity contribution in [1.29, 1.82) is 0 Å². The summed E-state index contributed by atoms with van der Waals surface area (Å²) in [6.07, 6.45) is 0.976. The monoisotopic (exact) mass is 242 g/mol. The fraction of sp³-hybridized carbons (Fsp3) is 0.929. The van der Waals surface area contributed by atoms with Crippen molar-refractivity contribution in [2.45, 2.75) is 60.4 Å². The van der Waals surface area contributed by atoms with Crippen LogP contribution in [-0.4, -0.2) is 36.0 Å². The van der Waals surface area contributed by atoms with Gasteiger partial charge in [0.25, 0.3) is 0 Å². The number of rotatable bonds is 6. The van der Waals surface area contributed by atoms with Gasteiger partial charge in [-0.1, -0.05) is 34.6 Å². The Morgan fingerprint density at radius 3 is 1.88 bits per heavy atom. The van der Waals surface area contributed by atoms with Crippen LogP contribution in [0.3, 0.4) is 0 Å². The molecule has 0 aromatic rings. The van der Waals surface area contributed by atoms with Crippen LogP contribution >= 0.6 is 0 Å². The van der Waals surface area contributed by atoms with Crippen LogP contribution in [0.5, 0.6) is 0 Å². The lowest BCUT2D eigenvalue weighted by Gasteiger charge is -2.34. The Kier molecular flexibility index (Phi) is 6.17. The van der Waals surface area contributed by atoms with Crippen molar-refractivity contribution in [3.63, 3.8) is 0 Å². The van der Waals surface area contributed by atoms with Crippen LogP contribution in [0.2, 0.25) is 0 Å². The van der Waals surface area contributed by atoms with E-state index in [0.717, 1.165) is 19.5 Å². The highest BCUT2D eigenvalue weighted by Gasteiger charge is 2.27. The van der Waals surface area contributed by atoms with Crippen molar-refractivity contribution >= 4 is 5.91 Å². The molecule has 0 bridgehead atoms. The minimum Gasteiger partial charge on any atom is -0.350 e. The molecule has 0 atom stereocenters. The Labute approximate surface area is 107 Å². The van der Waals surface area contributed by atoms with Crippen LogP contribution in [0.25, 0.3) is 0 Å². The number of likely N-dealkylation sites (N-methyl/N-ethyl adjacent to an activating group) is 1. The molecule has 0 aromatic carbocycles. The molecular formula is C14H30N2O. The molecule has 0 unspecified atom stereocenters. The third kappa shape index (κ3) is 8.19. The van der Waals surface area contributed by atoms with Gasteiger partial charge in [0.15, 0.2) is 0 Å². The Bertz CT molecular complexity index is 237. The molecule has 3 heteroatoms. The first-order valence-corrected chi connectivity index (χ1v) is 6.63. The molecule has 102 valence electrons. The summed E-state index contributed by atoms with van der Waals surface area (Å²) in [5.74, 6) is 0.128. The summed E-state index contributed by atoms with van der Waals surface area (Å²) in [6.45, 7) is 17.3. The van der Waals surface area contributed by atoms with E-state index >= 15 is 0 Å². The van der Waals surface area contributed by atoms with Gasteiger partial charge in [-0.2, -0.15) is 0 Å². The van der Waals surface area contributed by atoms with Gasteiger partial charge in [0.05, 0.1) is 6.54 Å². The van der Waals surface area contributed by atoms with Crippen LogP contribution in [0.15, 0.2) is 0 Å². The van der Waals surface area contributed by atoms with E-state index in [1.165, 1.54) is 0 Å². The van der Waals surface area contributed by atoms with Crippen molar-refractivity contribution in [2.24, 2.45) is 5.41 Å². The molecule has 0 heterocycles. The molecule has 3 nitrogen and oxygen atoms in total. The molecular weight excluding hydrogens is 212 g/mol. The maximum Gasteiger partial charge on any atom is 0.234 e. The fourth-order valence-corrected chi connectivity index (χ4v) is 2.44. The summed E-state index contributed by atoms with van der Waals surface area (Å²) in [4.78, 5) is 14.0. The largest absolute Gasteiger partial charge is 0.350 e. The predicted octanol–water partition coefficient (Wildman–Crippen LogP) is 2.66. The zero-order valence-electron chi connectivity index (χ0n) is 12.7. The molecule has 0 radical (unpaired) electrons. The van der Waals surface area contributed by atoms with Gasteiger partial charge in [-0.25, -0.2) is 0 Å². The highest BCUT2D eigenvalue weighted by Crippen LogP contribution is 2.26. The van der Waals surface area contributed by atoms with Gasteiger partial charge in [0, 0.05) is 5.54 Å². The Balaban J connectivity index is 4.27. The maximum absolute atomic E-state index is 11.9. The van der Waals surface area contributed by atoms with E-state index in [0.29, 0.717) is 6.54 Å². The first-order valence-electron chi connectivity index (χ1n) is 6.63. The summed E-state index contributed by atoms with van der Waals surface area (Å²) in [5.41, 5.74) is 0.0917. The second-order valence-electron chi connectivity index (χ2n) is 6.63. The average Bonchev–Trinajstić information content (AvgIpc) is 2.08. The molecule has 0 spiro atoms. The first kappa shape index (κ1) is 16.4. The predicted molar refractivity (Wildman–Crippen MR) is 74.1 cm³/mol. The van der Waals surface area contributed by atoms with Gasteiger partial charge in [-0.05, 0) is 38.8 Å². The minimum absolute atomic E-state index is 0.128. The number of carbonyl (C=O) groups excluding carboxylic acids is 1. The van der Waals surface area contributed by atoms with Gasteiger partial charge < -0.3 is 5.32 Å². The number of nitrogens with one attached hydrogen (secondary N) is 1. The third-order valence-corrected chi connectivity index (χ3v) is 2.71. The van der Waals surface area contributed by atoms with E-state index in [-0.39, 0.29) is 16.9 Å². The molecule has 0 aromatic heterocycles. The molecule has 0 saturated carbocycles. The van der Waals surface area contributed by atoms with E-state index in [1.807, 2.05) is 0 Å². The van der Waals surface area contributed by atoms with Gasteiger partial charge in [-0.3, -0.25) is 9.69 Å². The quantitative estimate of drug-likeness (QED) is 0.776. The molecule has 0 fully saturated rings. The first-order chi connectivity index (χ1) is 7.59. The summed E-state index contributed by atoms with van der Waals surface area (Å²) in [6, 6.07) is 0. The summed E-state index contributed by atoms with van der Waals surface area (Å²) >= 11 is 0. The van der Waals surface area contributed by atoms with Crippen molar-refractivity contribution in [3.8, 4) is 0 Å². The van der Waals surface area contributed by atoms with Gasteiger partial charge in [-0.15, -0.1) is 0 Å². The molecule has 0 saturated heterocycles. The number of hydrogen-bond donors (Lipinski definition) is 1. The maximum atomic E-state index is 11.9. The van der Waals surface area contributed by atoms with Crippen LogP contribution in [-0.2, 0) is 4.79 Å². The van der Waals surface area contributed by atoms with E-state index < -0.39 is 0 Å². The number of amides is 1. The van der Waals surface area contributed by atoms with Crippen LogP contribution in [0.1, 0.15) is 54.9 Å². The second-order valence-corrected chi connectivity index (χ2v) is 6.63. The highest BCUT2D eigenvalue weighted by molar-refractivity contribution is 5.78. The van der Waals surface area contributed by atoms with Gasteiger partial charge in [0.2, 0.25) is 5.91 Å². The Hall–Kier alpha value is -0.570. The molecule has 17 heavy (non-hydrogen) atoms. The van der Waals surface area contributed by atoms with Crippen LogP contribution < -0.4 is 5.32 Å². The molecule has 1 amide bonds. The molecule has 0 aliphatic heterocycles. The Morgan fingerprint density at radius 1 is 1.06 bits per heavy atom. The van der Waals surface area contributed by atoms with Gasteiger partial charge in [0.1, 0.15) is 0 Å². The van der Waals surface area contributed by atoms with E-state index in [4.69, 9.17) is 0 Å². The number of nitrogens with zero attached hydrogens (tertiary/aromatic N) is 1. The van der Waals surface area contributed by atoms with Crippen molar-refractivity contribution < 1.29 is 4.79 Å². The average molecular weight is 242 g/mol. The lowest BCUT2D eigenvalue weighted by molar-refractivity contribution is -0.124. The fourth-order valence-electron chi connectivity index (χ4n) is 2.44. The smallest absolute Gasteiger partial charge is 0.234 e. The van der Waals surface area contributed by atoms with E-state index in [9.17, 15) is 4.79 Å². The summed E-state index contributed by atoms with van der Waals surface area (Å²) < 4.78 is 0. The normalized spacial score (nSPS) is 12.9. The molecule has 0 aliphatic carbocycles. The highest BCUT2D eigenvalue weighted by atomic mass is 16.2. The zero-order chi connectivity index (χ0) is 13.7. The summed E-state index contributed by atoms with van der Waals surface area (Å²) in [5, 5.41) is 3.13. The minimum atomic E-state index is -0.136. The topological polar surface area (TPSA) is 32.3 Å². The third-order valence-electron chi connectivity index (χ3n) is 2.71.